The van der Waals surface area contributed by atoms with Gasteiger partial charge in [0.05, 0.1) is 0 Å². The van der Waals surface area contributed by atoms with Gasteiger partial charge in [0, 0.05) is 19.3 Å². The average Bonchev–Trinajstić information content (AvgIpc) is 3.31. The second-order valence-electron chi connectivity index (χ2n) is 21.7. The molecule has 0 saturated heterocycles. The van der Waals surface area contributed by atoms with E-state index in [0.717, 1.165) is 69.6 Å². The highest BCUT2D eigenvalue weighted by Crippen LogP contribution is 2.19. The van der Waals surface area contributed by atoms with Gasteiger partial charge in [0.15, 0.2) is 6.10 Å². The fraction of sp³-hybridized carbons (Fsp3) is 0.951. The molecule has 6 nitrogen and oxygen atoms in total. The van der Waals surface area contributed by atoms with Crippen LogP contribution in [0.15, 0.2) is 0 Å². The first-order valence-electron chi connectivity index (χ1n) is 30.3. The molecule has 67 heavy (non-hydrogen) atoms. The van der Waals surface area contributed by atoms with Gasteiger partial charge in [0.2, 0.25) is 0 Å². The zero-order chi connectivity index (χ0) is 48.9. The smallest absolute Gasteiger partial charge is 0.306 e. The van der Waals surface area contributed by atoms with E-state index in [1.807, 2.05) is 0 Å². The zero-order valence-corrected chi connectivity index (χ0v) is 46.0. The van der Waals surface area contributed by atoms with Crippen LogP contribution >= 0.6 is 0 Å². The quantitative estimate of drug-likeness (QED) is 0.0343. The van der Waals surface area contributed by atoms with Crippen molar-refractivity contribution in [2.75, 3.05) is 13.2 Å². The minimum absolute atomic E-state index is 0.0624. The van der Waals surface area contributed by atoms with Gasteiger partial charge in [-0.2, -0.15) is 0 Å². The second kappa shape index (κ2) is 53.8. The predicted octanol–water partition coefficient (Wildman–Crippen LogP) is 20.0. The molecule has 6 heteroatoms. The van der Waals surface area contributed by atoms with Crippen LogP contribution in [0, 0.1) is 11.8 Å². The largest absolute Gasteiger partial charge is 0.462 e. The minimum atomic E-state index is -0.763. The van der Waals surface area contributed by atoms with Gasteiger partial charge in [-0.05, 0) is 31.1 Å². The molecule has 0 radical (unpaired) electrons. The molecule has 0 rings (SSSR count). The van der Waals surface area contributed by atoms with Gasteiger partial charge in [-0.1, -0.05) is 304 Å². The van der Waals surface area contributed by atoms with Gasteiger partial charge in [-0.25, -0.2) is 0 Å². The Kier molecular flexibility index (Phi) is 52.5. The van der Waals surface area contributed by atoms with Gasteiger partial charge in [0.25, 0.3) is 0 Å². The number of hydrogen-bond acceptors (Lipinski definition) is 6. The molecule has 1 unspecified atom stereocenters. The van der Waals surface area contributed by atoms with E-state index in [-0.39, 0.29) is 31.1 Å². The molecule has 0 aliphatic carbocycles. The number of esters is 3. The summed E-state index contributed by atoms with van der Waals surface area (Å²) in [7, 11) is 0. The molecular weight excluding hydrogens is 829 g/mol. The van der Waals surface area contributed by atoms with E-state index in [4.69, 9.17) is 14.2 Å². The molecule has 0 spiro atoms. The lowest BCUT2D eigenvalue weighted by Crippen LogP contribution is -2.30. The first-order chi connectivity index (χ1) is 32.8. The molecule has 0 amide bonds. The van der Waals surface area contributed by atoms with Crippen molar-refractivity contribution in [3.8, 4) is 0 Å². The summed E-state index contributed by atoms with van der Waals surface area (Å²) in [5.41, 5.74) is 0. The van der Waals surface area contributed by atoms with Crippen LogP contribution < -0.4 is 0 Å². The molecule has 0 aliphatic heterocycles. The maximum atomic E-state index is 12.9. The summed E-state index contributed by atoms with van der Waals surface area (Å²) in [6.07, 6.45) is 58.0. The summed E-state index contributed by atoms with van der Waals surface area (Å²) in [6, 6.07) is 0. The van der Waals surface area contributed by atoms with Gasteiger partial charge in [0.1, 0.15) is 13.2 Å². The van der Waals surface area contributed by atoms with Crippen molar-refractivity contribution in [2.45, 2.75) is 349 Å². The van der Waals surface area contributed by atoms with Crippen molar-refractivity contribution in [3.63, 3.8) is 0 Å². The van der Waals surface area contributed by atoms with Crippen molar-refractivity contribution in [2.24, 2.45) is 11.8 Å². The lowest BCUT2D eigenvalue weighted by molar-refractivity contribution is -0.167. The molecule has 0 N–H and O–H groups in total. The van der Waals surface area contributed by atoms with Crippen LogP contribution in [-0.2, 0) is 28.6 Å². The summed E-state index contributed by atoms with van der Waals surface area (Å²) >= 11 is 0. The molecule has 0 aliphatic rings. The number of carbonyl (C=O) groups excluding carboxylic acids is 3. The number of hydrogen-bond donors (Lipinski definition) is 0. The fourth-order valence-corrected chi connectivity index (χ4v) is 9.37. The molecule has 0 aromatic rings. The molecular formula is C61H118O6. The Balaban J connectivity index is 4.29. The van der Waals surface area contributed by atoms with Crippen LogP contribution in [-0.4, -0.2) is 37.2 Å². The van der Waals surface area contributed by atoms with E-state index in [2.05, 4.69) is 34.6 Å². The standard InChI is InChI=1S/C61H118O6/c1-6-8-9-10-11-12-13-14-15-16-17-18-22-25-31-36-41-46-51-59(62)65-54-58(55-66-60(63)52-47-42-37-32-28-27-30-35-40-45-50-57(5)7-2)67-61(64)53-48-43-38-33-26-23-20-19-21-24-29-34-39-44-49-56(3)4/h56-58H,6-55H2,1-5H3/t57?,58-/m0/s1. The highest BCUT2D eigenvalue weighted by atomic mass is 16.6. The van der Waals surface area contributed by atoms with Crippen LogP contribution in [0.2, 0.25) is 0 Å². The Morgan fingerprint density at radius 2 is 0.567 bits per heavy atom. The molecule has 0 aromatic heterocycles. The predicted molar refractivity (Wildman–Crippen MR) is 289 cm³/mol. The Morgan fingerprint density at radius 3 is 0.851 bits per heavy atom. The Morgan fingerprint density at radius 1 is 0.313 bits per heavy atom. The first kappa shape index (κ1) is 65.4. The molecule has 0 bridgehead atoms. The first-order valence-corrected chi connectivity index (χ1v) is 30.3. The maximum absolute atomic E-state index is 12.9. The van der Waals surface area contributed by atoms with Crippen LogP contribution in [0.5, 0.6) is 0 Å². The lowest BCUT2D eigenvalue weighted by Gasteiger charge is -2.18. The Labute approximate surface area is 418 Å². The third-order valence-electron chi connectivity index (χ3n) is 14.3. The molecule has 0 saturated carbocycles. The van der Waals surface area contributed by atoms with E-state index < -0.39 is 6.10 Å². The Hall–Kier alpha value is -1.59. The normalized spacial score (nSPS) is 12.4. The SMILES string of the molecule is CCCCCCCCCCCCCCCCCCCCC(=O)OC[C@@H](COC(=O)CCCCCCCCCCCCC(C)CC)OC(=O)CCCCCCCCCCCCCCCCC(C)C. The summed E-state index contributed by atoms with van der Waals surface area (Å²) in [5, 5.41) is 0. The average molecular weight is 948 g/mol. The summed E-state index contributed by atoms with van der Waals surface area (Å²) < 4.78 is 16.9. The lowest BCUT2D eigenvalue weighted by atomic mass is 9.99. The van der Waals surface area contributed by atoms with Crippen molar-refractivity contribution in [1.82, 2.24) is 0 Å². The van der Waals surface area contributed by atoms with E-state index in [0.29, 0.717) is 19.3 Å². The fourth-order valence-electron chi connectivity index (χ4n) is 9.37. The van der Waals surface area contributed by atoms with Gasteiger partial charge in [-0.3, -0.25) is 14.4 Å². The van der Waals surface area contributed by atoms with Crippen molar-refractivity contribution < 1.29 is 28.6 Å². The second-order valence-corrected chi connectivity index (χ2v) is 21.7. The highest BCUT2D eigenvalue weighted by Gasteiger charge is 2.19. The molecule has 2 atom stereocenters. The van der Waals surface area contributed by atoms with Gasteiger partial charge >= 0.3 is 17.9 Å². The van der Waals surface area contributed by atoms with Gasteiger partial charge < -0.3 is 14.2 Å². The van der Waals surface area contributed by atoms with Crippen molar-refractivity contribution in [1.29, 1.82) is 0 Å². The molecule has 0 heterocycles. The Bertz CT molecular complexity index is 1030. The number of carbonyl (C=O) groups is 3. The third-order valence-corrected chi connectivity index (χ3v) is 14.3. The van der Waals surface area contributed by atoms with Gasteiger partial charge in [-0.15, -0.1) is 0 Å². The number of ether oxygens (including phenoxy) is 3. The summed E-state index contributed by atoms with van der Waals surface area (Å²) in [6.45, 7) is 11.5. The van der Waals surface area contributed by atoms with Crippen LogP contribution in [0.3, 0.4) is 0 Å². The highest BCUT2D eigenvalue weighted by molar-refractivity contribution is 5.71. The molecule has 0 fully saturated rings. The van der Waals surface area contributed by atoms with Crippen LogP contribution in [0.1, 0.15) is 343 Å². The number of rotatable bonds is 55. The van der Waals surface area contributed by atoms with E-state index in [1.165, 1.54) is 231 Å². The van der Waals surface area contributed by atoms with E-state index in [9.17, 15) is 14.4 Å². The minimum Gasteiger partial charge on any atom is -0.462 e. The van der Waals surface area contributed by atoms with E-state index >= 15 is 0 Å². The third kappa shape index (κ3) is 53.6. The monoisotopic (exact) mass is 947 g/mol. The van der Waals surface area contributed by atoms with Crippen molar-refractivity contribution >= 4 is 17.9 Å². The topological polar surface area (TPSA) is 78.9 Å². The number of unbranched alkanes of at least 4 members (excludes halogenated alkanes) is 39. The summed E-state index contributed by atoms with van der Waals surface area (Å²) in [5.74, 6) is 0.876. The summed E-state index contributed by atoms with van der Waals surface area (Å²) in [4.78, 5) is 38.2. The maximum Gasteiger partial charge on any atom is 0.306 e. The van der Waals surface area contributed by atoms with E-state index in [1.54, 1.807) is 0 Å². The van der Waals surface area contributed by atoms with Crippen LogP contribution in [0.4, 0.5) is 0 Å². The van der Waals surface area contributed by atoms with Crippen LogP contribution in [0.25, 0.3) is 0 Å². The molecule has 0 aromatic carbocycles. The molecule has 398 valence electrons. The zero-order valence-electron chi connectivity index (χ0n) is 46.0. The van der Waals surface area contributed by atoms with Crippen molar-refractivity contribution in [3.05, 3.63) is 0 Å².